The Morgan fingerprint density at radius 2 is 1.62 bits per heavy atom. The summed E-state index contributed by atoms with van der Waals surface area (Å²) in [4.78, 5) is 32.8. The van der Waals surface area contributed by atoms with E-state index in [2.05, 4.69) is 4.99 Å². The Morgan fingerprint density at radius 1 is 1.12 bits per heavy atom. The average Bonchev–Trinajstić information content (AvgIpc) is 2.45. The highest BCUT2D eigenvalue weighted by Crippen LogP contribution is 2.11. The second-order valence-electron chi connectivity index (χ2n) is 6.73. The standard InChI is InChI=1S/C15H29N5O3.HI/c1-15(2,3)23-14(22)20-10-8-19(9-11-20)13(16)17-7-6-12(21)18(4)5;/h6-11H2,1-5H3,(H2,16,17);1H. The van der Waals surface area contributed by atoms with Crippen molar-refractivity contribution in [2.75, 3.05) is 46.8 Å². The van der Waals surface area contributed by atoms with E-state index in [0.29, 0.717) is 45.1 Å². The van der Waals surface area contributed by atoms with Gasteiger partial charge in [-0.3, -0.25) is 9.79 Å². The maximum atomic E-state index is 12.0. The van der Waals surface area contributed by atoms with E-state index in [1.54, 1.807) is 19.0 Å². The molecule has 0 aliphatic carbocycles. The Balaban J connectivity index is 0.00000529. The topological polar surface area (TPSA) is 91.5 Å². The molecule has 9 heteroatoms. The lowest BCUT2D eigenvalue weighted by Crippen LogP contribution is -2.53. The van der Waals surface area contributed by atoms with Crippen LogP contribution in [-0.2, 0) is 9.53 Å². The van der Waals surface area contributed by atoms with Crippen molar-refractivity contribution in [1.82, 2.24) is 14.7 Å². The van der Waals surface area contributed by atoms with Gasteiger partial charge < -0.3 is 25.2 Å². The summed E-state index contributed by atoms with van der Waals surface area (Å²) in [6.07, 6.45) is 0.0372. The van der Waals surface area contributed by atoms with Gasteiger partial charge in [-0.15, -0.1) is 24.0 Å². The zero-order valence-electron chi connectivity index (χ0n) is 15.2. The first kappa shape index (κ1) is 22.7. The molecule has 0 radical (unpaired) electrons. The lowest BCUT2D eigenvalue weighted by molar-refractivity contribution is -0.128. The number of amides is 2. The SMILES string of the molecule is CN(C)C(=O)CCN=C(N)N1CCN(C(=O)OC(C)(C)C)CC1.I. The van der Waals surface area contributed by atoms with E-state index in [-0.39, 0.29) is 36.0 Å². The summed E-state index contributed by atoms with van der Waals surface area (Å²) in [5.74, 6) is 0.441. The third-order valence-electron chi connectivity index (χ3n) is 3.35. The van der Waals surface area contributed by atoms with Crippen LogP contribution in [0.2, 0.25) is 0 Å². The van der Waals surface area contributed by atoms with Crippen LogP contribution in [0.15, 0.2) is 4.99 Å². The minimum atomic E-state index is -0.492. The molecule has 0 aromatic heterocycles. The number of carbonyl (C=O) groups excluding carboxylic acids is 2. The van der Waals surface area contributed by atoms with Gasteiger partial charge in [0.05, 0.1) is 6.54 Å². The van der Waals surface area contributed by atoms with Crippen LogP contribution in [-0.4, -0.2) is 85.1 Å². The van der Waals surface area contributed by atoms with E-state index in [4.69, 9.17) is 10.5 Å². The molecule has 1 rings (SSSR count). The van der Waals surface area contributed by atoms with Crippen LogP contribution in [0, 0.1) is 0 Å². The molecule has 0 aromatic rings. The lowest BCUT2D eigenvalue weighted by atomic mass is 10.2. The van der Waals surface area contributed by atoms with Crippen molar-refractivity contribution >= 4 is 41.9 Å². The number of hydrogen-bond acceptors (Lipinski definition) is 4. The van der Waals surface area contributed by atoms with Gasteiger partial charge >= 0.3 is 6.09 Å². The van der Waals surface area contributed by atoms with Crippen LogP contribution in [0.25, 0.3) is 0 Å². The number of halogens is 1. The number of nitrogens with zero attached hydrogens (tertiary/aromatic N) is 4. The Morgan fingerprint density at radius 3 is 2.08 bits per heavy atom. The number of rotatable bonds is 3. The molecule has 0 bridgehead atoms. The van der Waals surface area contributed by atoms with Crippen LogP contribution < -0.4 is 5.73 Å². The normalized spacial score (nSPS) is 15.6. The van der Waals surface area contributed by atoms with Gasteiger partial charge in [0, 0.05) is 46.7 Å². The van der Waals surface area contributed by atoms with Crippen molar-refractivity contribution in [3.8, 4) is 0 Å². The number of aliphatic imine (C=N–C) groups is 1. The molecule has 2 amide bonds. The van der Waals surface area contributed by atoms with Gasteiger partial charge in [0.15, 0.2) is 5.96 Å². The number of hydrogen-bond donors (Lipinski definition) is 1. The molecule has 0 unspecified atom stereocenters. The maximum absolute atomic E-state index is 12.0. The number of piperazine rings is 1. The summed E-state index contributed by atoms with van der Waals surface area (Å²) >= 11 is 0. The molecular formula is C15H30IN5O3. The minimum absolute atomic E-state index is 0. The van der Waals surface area contributed by atoms with Crippen LogP contribution in [0.4, 0.5) is 4.79 Å². The van der Waals surface area contributed by atoms with E-state index >= 15 is 0 Å². The van der Waals surface area contributed by atoms with Crippen molar-refractivity contribution in [2.24, 2.45) is 10.7 Å². The summed E-state index contributed by atoms with van der Waals surface area (Å²) in [5.41, 5.74) is 5.46. The quantitative estimate of drug-likeness (QED) is 0.389. The monoisotopic (exact) mass is 455 g/mol. The Hall–Kier alpha value is -1.26. The Bertz CT molecular complexity index is 455. The largest absolute Gasteiger partial charge is 0.444 e. The molecule has 0 spiro atoms. The highest BCUT2D eigenvalue weighted by molar-refractivity contribution is 14.0. The van der Waals surface area contributed by atoms with E-state index in [1.807, 2.05) is 25.7 Å². The third kappa shape index (κ3) is 8.02. The van der Waals surface area contributed by atoms with E-state index in [1.165, 1.54) is 4.90 Å². The second-order valence-corrected chi connectivity index (χ2v) is 6.73. The minimum Gasteiger partial charge on any atom is -0.444 e. The Kier molecular flexibility index (Phi) is 9.38. The highest BCUT2D eigenvalue weighted by Gasteiger charge is 2.26. The number of carbonyl (C=O) groups is 2. The van der Waals surface area contributed by atoms with Crippen LogP contribution >= 0.6 is 24.0 Å². The molecule has 0 atom stereocenters. The molecule has 1 saturated heterocycles. The fourth-order valence-electron chi connectivity index (χ4n) is 2.03. The number of guanidine groups is 1. The summed E-state index contributed by atoms with van der Waals surface area (Å²) in [6, 6.07) is 0. The van der Waals surface area contributed by atoms with Gasteiger partial charge in [-0.1, -0.05) is 0 Å². The molecule has 0 aromatic carbocycles. The molecule has 2 N–H and O–H groups in total. The van der Waals surface area contributed by atoms with Gasteiger partial charge in [-0.2, -0.15) is 0 Å². The molecule has 1 aliphatic rings. The molecule has 24 heavy (non-hydrogen) atoms. The third-order valence-corrected chi connectivity index (χ3v) is 3.35. The van der Waals surface area contributed by atoms with Crippen molar-refractivity contribution in [3.63, 3.8) is 0 Å². The summed E-state index contributed by atoms with van der Waals surface area (Å²) in [6.45, 7) is 8.22. The van der Waals surface area contributed by atoms with Gasteiger partial charge in [-0.05, 0) is 20.8 Å². The number of nitrogens with two attached hydrogens (primary N) is 1. The molecule has 0 saturated carbocycles. The van der Waals surface area contributed by atoms with Crippen molar-refractivity contribution < 1.29 is 14.3 Å². The van der Waals surface area contributed by atoms with Crippen molar-refractivity contribution in [2.45, 2.75) is 32.8 Å². The van der Waals surface area contributed by atoms with Gasteiger partial charge in [0.2, 0.25) is 5.91 Å². The van der Waals surface area contributed by atoms with Crippen molar-refractivity contribution in [1.29, 1.82) is 0 Å². The van der Waals surface area contributed by atoms with Crippen LogP contribution in [0.5, 0.6) is 0 Å². The first-order chi connectivity index (χ1) is 10.6. The lowest BCUT2D eigenvalue weighted by Gasteiger charge is -2.36. The maximum Gasteiger partial charge on any atom is 0.410 e. The summed E-state index contributed by atoms with van der Waals surface area (Å²) in [7, 11) is 3.43. The smallest absolute Gasteiger partial charge is 0.410 e. The van der Waals surface area contributed by atoms with E-state index in [0.717, 1.165) is 0 Å². The number of ether oxygens (including phenoxy) is 1. The van der Waals surface area contributed by atoms with Crippen LogP contribution in [0.3, 0.4) is 0 Å². The van der Waals surface area contributed by atoms with E-state index < -0.39 is 5.60 Å². The van der Waals surface area contributed by atoms with Crippen LogP contribution in [0.1, 0.15) is 27.2 Å². The first-order valence-electron chi connectivity index (χ1n) is 7.83. The predicted octanol–water partition coefficient (Wildman–Crippen LogP) is 0.950. The molecule has 1 aliphatic heterocycles. The van der Waals surface area contributed by atoms with Gasteiger partial charge in [0.1, 0.15) is 5.60 Å². The fraction of sp³-hybridized carbons (Fsp3) is 0.800. The first-order valence-corrected chi connectivity index (χ1v) is 7.83. The zero-order valence-corrected chi connectivity index (χ0v) is 17.6. The van der Waals surface area contributed by atoms with Gasteiger partial charge in [0.25, 0.3) is 0 Å². The second kappa shape index (κ2) is 9.90. The zero-order chi connectivity index (χ0) is 17.6. The molecular weight excluding hydrogens is 425 g/mol. The van der Waals surface area contributed by atoms with Gasteiger partial charge in [-0.25, -0.2) is 4.79 Å². The summed E-state index contributed by atoms with van der Waals surface area (Å²) in [5, 5.41) is 0. The molecule has 140 valence electrons. The molecule has 1 heterocycles. The Labute approximate surface area is 161 Å². The van der Waals surface area contributed by atoms with E-state index in [9.17, 15) is 9.59 Å². The average molecular weight is 455 g/mol. The molecule has 1 fully saturated rings. The molecule has 8 nitrogen and oxygen atoms in total. The highest BCUT2D eigenvalue weighted by atomic mass is 127. The fourth-order valence-corrected chi connectivity index (χ4v) is 2.03. The predicted molar refractivity (Wildman–Crippen MR) is 105 cm³/mol. The van der Waals surface area contributed by atoms with Crippen molar-refractivity contribution in [3.05, 3.63) is 0 Å². The summed E-state index contributed by atoms with van der Waals surface area (Å²) < 4.78 is 5.35.